The summed E-state index contributed by atoms with van der Waals surface area (Å²) in [5.41, 5.74) is 2.04. The molecule has 1 amide bonds. The number of aliphatic hydroxyl groups excluding tert-OH is 1. The maximum atomic E-state index is 10.8. The molecule has 0 atom stereocenters. The van der Waals surface area contributed by atoms with Crippen LogP contribution < -0.4 is 5.32 Å². The number of rotatable bonds is 5. The lowest BCUT2D eigenvalue weighted by Crippen LogP contribution is -2.28. The lowest BCUT2D eigenvalue weighted by Gasteiger charge is -2.01. The van der Waals surface area contributed by atoms with Crippen LogP contribution in [0.15, 0.2) is 42.7 Å². The average molecular weight is 245 g/mol. The van der Waals surface area contributed by atoms with Crippen molar-refractivity contribution in [1.29, 1.82) is 0 Å². The second-order valence-corrected chi connectivity index (χ2v) is 3.89. The maximum Gasteiger partial charge on any atom is 0.245 e. The molecule has 0 aliphatic rings. The van der Waals surface area contributed by atoms with Crippen molar-refractivity contribution < 1.29 is 9.90 Å². The van der Waals surface area contributed by atoms with Gasteiger partial charge < -0.3 is 10.4 Å². The lowest BCUT2D eigenvalue weighted by atomic mass is 10.2. The molecule has 0 saturated heterocycles. The van der Waals surface area contributed by atoms with Gasteiger partial charge in [-0.1, -0.05) is 18.2 Å². The monoisotopic (exact) mass is 245 g/mol. The SMILES string of the molecule is O=C(CO)NCCc1cnn(-c2ccccc2)c1. The Balaban J connectivity index is 1.93. The standard InChI is InChI=1S/C13H15N3O2/c17-10-13(18)14-7-6-11-8-15-16(9-11)12-4-2-1-3-5-12/h1-5,8-9,17H,6-7,10H2,(H,14,18). The maximum absolute atomic E-state index is 10.8. The summed E-state index contributed by atoms with van der Waals surface area (Å²) in [5.74, 6) is -0.356. The summed E-state index contributed by atoms with van der Waals surface area (Å²) in [6, 6.07) is 9.82. The number of carbonyl (C=O) groups excluding carboxylic acids is 1. The summed E-state index contributed by atoms with van der Waals surface area (Å²) in [4.78, 5) is 10.8. The first-order chi connectivity index (χ1) is 8.79. The Hall–Kier alpha value is -2.14. The highest BCUT2D eigenvalue weighted by atomic mass is 16.3. The van der Waals surface area contributed by atoms with Gasteiger partial charge in [0, 0.05) is 12.7 Å². The van der Waals surface area contributed by atoms with Gasteiger partial charge in [-0.3, -0.25) is 4.79 Å². The van der Waals surface area contributed by atoms with E-state index in [1.807, 2.05) is 36.5 Å². The average Bonchev–Trinajstić information content (AvgIpc) is 2.88. The Labute approximate surface area is 105 Å². The van der Waals surface area contributed by atoms with E-state index in [9.17, 15) is 4.79 Å². The molecule has 0 radical (unpaired) electrons. The van der Waals surface area contributed by atoms with Crippen LogP contribution in [-0.2, 0) is 11.2 Å². The smallest absolute Gasteiger partial charge is 0.245 e. The zero-order valence-electron chi connectivity index (χ0n) is 9.91. The number of nitrogens with one attached hydrogen (secondary N) is 1. The summed E-state index contributed by atoms with van der Waals surface area (Å²) >= 11 is 0. The summed E-state index contributed by atoms with van der Waals surface area (Å²) < 4.78 is 1.79. The molecule has 0 saturated carbocycles. The van der Waals surface area contributed by atoms with Gasteiger partial charge in [0.1, 0.15) is 6.61 Å². The molecule has 0 unspecified atom stereocenters. The Morgan fingerprint density at radius 1 is 1.33 bits per heavy atom. The fourth-order valence-electron chi connectivity index (χ4n) is 1.61. The number of nitrogens with zero attached hydrogens (tertiary/aromatic N) is 2. The van der Waals surface area contributed by atoms with Crippen LogP contribution in [0.4, 0.5) is 0 Å². The van der Waals surface area contributed by atoms with E-state index >= 15 is 0 Å². The Morgan fingerprint density at radius 2 is 2.11 bits per heavy atom. The molecule has 0 bridgehead atoms. The van der Waals surface area contributed by atoms with Crippen molar-refractivity contribution in [2.75, 3.05) is 13.2 Å². The van der Waals surface area contributed by atoms with Crippen molar-refractivity contribution in [2.24, 2.45) is 0 Å². The Morgan fingerprint density at radius 3 is 2.83 bits per heavy atom. The van der Waals surface area contributed by atoms with Crippen LogP contribution in [0.1, 0.15) is 5.56 Å². The molecule has 5 heteroatoms. The molecule has 0 spiro atoms. The molecule has 0 aliphatic carbocycles. The summed E-state index contributed by atoms with van der Waals surface area (Å²) in [7, 11) is 0. The highest BCUT2D eigenvalue weighted by Gasteiger charge is 2.01. The molecule has 0 aliphatic heterocycles. The van der Waals surface area contributed by atoms with Crippen molar-refractivity contribution in [3.63, 3.8) is 0 Å². The highest BCUT2D eigenvalue weighted by Crippen LogP contribution is 2.07. The highest BCUT2D eigenvalue weighted by molar-refractivity contribution is 5.76. The number of benzene rings is 1. The van der Waals surface area contributed by atoms with Gasteiger partial charge in [-0.15, -0.1) is 0 Å². The number of para-hydroxylation sites is 1. The lowest BCUT2D eigenvalue weighted by molar-refractivity contribution is -0.123. The Kier molecular flexibility index (Phi) is 4.09. The topological polar surface area (TPSA) is 67.2 Å². The number of hydrogen-bond donors (Lipinski definition) is 2. The van der Waals surface area contributed by atoms with Gasteiger partial charge in [0.25, 0.3) is 0 Å². The normalized spacial score (nSPS) is 10.3. The van der Waals surface area contributed by atoms with Gasteiger partial charge in [0.2, 0.25) is 5.91 Å². The quantitative estimate of drug-likeness (QED) is 0.807. The largest absolute Gasteiger partial charge is 0.387 e. The first kappa shape index (κ1) is 12.3. The van der Waals surface area contributed by atoms with E-state index in [-0.39, 0.29) is 5.91 Å². The van der Waals surface area contributed by atoms with E-state index in [1.54, 1.807) is 10.9 Å². The molecule has 1 aromatic heterocycles. The molecule has 1 heterocycles. The molecular formula is C13H15N3O2. The molecule has 1 aromatic carbocycles. The van der Waals surface area contributed by atoms with E-state index < -0.39 is 6.61 Å². The van der Waals surface area contributed by atoms with Crippen molar-refractivity contribution in [3.05, 3.63) is 48.3 Å². The number of aromatic nitrogens is 2. The van der Waals surface area contributed by atoms with Crippen LogP contribution in [0.2, 0.25) is 0 Å². The minimum Gasteiger partial charge on any atom is -0.387 e. The minimum atomic E-state index is -0.469. The first-order valence-electron chi connectivity index (χ1n) is 5.76. The van der Waals surface area contributed by atoms with Crippen molar-refractivity contribution in [1.82, 2.24) is 15.1 Å². The van der Waals surface area contributed by atoms with Crippen molar-refractivity contribution in [2.45, 2.75) is 6.42 Å². The third-order valence-electron chi connectivity index (χ3n) is 2.54. The van der Waals surface area contributed by atoms with E-state index in [4.69, 9.17) is 5.11 Å². The zero-order valence-corrected chi connectivity index (χ0v) is 9.91. The first-order valence-corrected chi connectivity index (χ1v) is 5.76. The van der Waals surface area contributed by atoms with Crippen molar-refractivity contribution in [3.8, 4) is 5.69 Å². The van der Waals surface area contributed by atoms with Crippen LogP contribution in [-0.4, -0.2) is 33.9 Å². The summed E-state index contributed by atoms with van der Waals surface area (Å²) in [6.45, 7) is 0.0309. The third kappa shape index (κ3) is 3.18. The Bertz CT molecular complexity index is 508. The van der Waals surface area contributed by atoms with E-state index in [2.05, 4.69) is 10.4 Å². The molecule has 2 N–H and O–H groups in total. The number of aliphatic hydroxyl groups is 1. The molecule has 5 nitrogen and oxygen atoms in total. The van der Waals surface area contributed by atoms with Gasteiger partial charge in [-0.2, -0.15) is 5.10 Å². The molecule has 2 aromatic rings. The molecule has 0 fully saturated rings. The molecule has 2 rings (SSSR count). The second-order valence-electron chi connectivity index (χ2n) is 3.89. The van der Waals surface area contributed by atoms with Crippen LogP contribution in [0.5, 0.6) is 0 Å². The zero-order chi connectivity index (χ0) is 12.8. The number of hydrogen-bond acceptors (Lipinski definition) is 3. The fraction of sp³-hybridized carbons (Fsp3) is 0.231. The summed E-state index contributed by atoms with van der Waals surface area (Å²) in [6.07, 6.45) is 4.40. The van der Waals surface area contributed by atoms with Crippen LogP contribution in [0.25, 0.3) is 5.69 Å². The van der Waals surface area contributed by atoms with Gasteiger partial charge in [0.15, 0.2) is 0 Å². The third-order valence-corrected chi connectivity index (χ3v) is 2.54. The van der Waals surface area contributed by atoms with Gasteiger partial charge in [0.05, 0.1) is 11.9 Å². The predicted molar refractivity (Wildman–Crippen MR) is 67.4 cm³/mol. The van der Waals surface area contributed by atoms with Crippen LogP contribution in [0, 0.1) is 0 Å². The second kappa shape index (κ2) is 5.97. The van der Waals surface area contributed by atoms with E-state index in [0.29, 0.717) is 13.0 Å². The minimum absolute atomic E-state index is 0.356. The van der Waals surface area contributed by atoms with E-state index in [0.717, 1.165) is 11.3 Å². The van der Waals surface area contributed by atoms with E-state index in [1.165, 1.54) is 0 Å². The number of amides is 1. The molecule has 94 valence electrons. The fourth-order valence-corrected chi connectivity index (χ4v) is 1.61. The van der Waals surface area contributed by atoms with Gasteiger partial charge >= 0.3 is 0 Å². The molecule has 18 heavy (non-hydrogen) atoms. The summed E-state index contributed by atoms with van der Waals surface area (Å²) in [5, 5.41) is 15.4. The van der Waals surface area contributed by atoms with Crippen LogP contribution >= 0.6 is 0 Å². The van der Waals surface area contributed by atoms with Crippen LogP contribution in [0.3, 0.4) is 0 Å². The van der Waals surface area contributed by atoms with Gasteiger partial charge in [-0.25, -0.2) is 4.68 Å². The predicted octanol–water partition coefficient (Wildman–Crippen LogP) is 0.523. The molecular weight excluding hydrogens is 230 g/mol. The number of carbonyl (C=O) groups is 1. The van der Waals surface area contributed by atoms with Crippen molar-refractivity contribution >= 4 is 5.91 Å². The van der Waals surface area contributed by atoms with Gasteiger partial charge in [-0.05, 0) is 24.1 Å².